The zero-order valence-electron chi connectivity index (χ0n) is 12.0. The van der Waals surface area contributed by atoms with Crippen molar-refractivity contribution in [3.63, 3.8) is 0 Å². The van der Waals surface area contributed by atoms with E-state index in [1.807, 2.05) is 19.1 Å². The maximum absolute atomic E-state index is 11.8. The fourth-order valence-electron chi connectivity index (χ4n) is 1.66. The number of ether oxygens (including phenoxy) is 2. The largest absolute Gasteiger partial charge is 0.497 e. The van der Waals surface area contributed by atoms with E-state index in [9.17, 15) is 4.79 Å². The quantitative estimate of drug-likeness (QED) is 0.862. The summed E-state index contributed by atoms with van der Waals surface area (Å²) in [7, 11) is 3.17. The van der Waals surface area contributed by atoms with Gasteiger partial charge in [0.05, 0.1) is 14.2 Å². The van der Waals surface area contributed by atoms with Crippen LogP contribution in [0.3, 0.4) is 0 Å². The lowest BCUT2D eigenvalue weighted by Gasteiger charge is -2.05. The first-order valence-corrected chi connectivity index (χ1v) is 7.07. The molecular weight excluding hydrogens is 288 g/mol. The standard InChI is InChI=1S/C15H16N2O3S/c1-10-9-16-15(21-10)17-14(18)5-4-11-6-12(19-2)8-13(7-11)20-3/h4-9H,1-3H3,(H,16,17,18). The van der Waals surface area contributed by atoms with E-state index in [1.54, 1.807) is 32.6 Å². The number of thiazole rings is 1. The SMILES string of the molecule is COc1cc(C=CC(=O)Nc2ncc(C)s2)cc(OC)c1. The number of amides is 1. The van der Waals surface area contributed by atoms with Gasteiger partial charge in [-0.05, 0) is 30.7 Å². The highest BCUT2D eigenvalue weighted by molar-refractivity contribution is 7.15. The Labute approximate surface area is 127 Å². The summed E-state index contributed by atoms with van der Waals surface area (Å²) < 4.78 is 10.4. The maximum atomic E-state index is 11.8. The number of nitrogens with zero attached hydrogens (tertiary/aromatic N) is 1. The number of hydrogen-bond donors (Lipinski definition) is 1. The molecule has 0 saturated carbocycles. The van der Waals surface area contributed by atoms with Gasteiger partial charge in [-0.25, -0.2) is 4.98 Å². The summed E-state index contributed by atoms with van der Waals surface area (Å²) in [6.07, 6.45) is 4.86. The lowest BCUT2D eigenvalue weighted by atomic mass is 10.2. The summed E-state index contributed by atoms with van der Waals surface area (Å²) in [6.45, 7) is 1.94. The van der Waals surface area contributed by atoms with Crippen molar-refractivity contribution in [2.75, 3.05) is 19.5 Å². The number of rotatable bonds is 5. The van der Waals surface area contributed by atoms with Gasteiger partial charge in [0.2, 0.25) is 5.91 Å². The van der Waals surface area contributed by atoms with Crippen LogP contribution in [0.1, 0.15) is 10.4 Å². The first kappa shape index (κ1) is 15.1. The van der Waals surface area contributed by atoms with Crippen LogP contribution in [0.2, 0.25) is 0 Å². The van der Waals surface area contributed by atoms with E-state index >= 15 is 0 Å². The molecule has 0 saturated heterocycles. The van der Waals surface area contributed by atoms with E-state index in [2.05, 4.69) is 10.3 Å². The number of benzene rings is 1. The molecule has 0 aliphatic carbocycles. The Kier molecular flexibility index (Phi) is 4.94. The third-order valence-electron chi connectivity index (χ3n) is 2.65. The fourth-order valence-corrected chi connectivity index (χ4v) is 2.32. The lowest BCUT2D eigenvalue weighted by Crippen LogP contribution is -2.07. The van der Waals surface area contributed by atoms with Gasteiger partial charge >= 0.3 is 0 Å². The zero-order valence-corrected chi connectivity index (χ0v) is 12.9. The monoisotopic (exact) mass is 304 g/mol. The third-order valence-corrected chi connectivity index (χ3v) is 3.48. The number of anilines is 1. The van der Waals surface area contributed by atoms with Gasteiger partial charge in [0, 0.05) is 23.2 Å². The molecule has 6 heteroatoms. The minimum absolute atomic E-state index is 0.230. The van der Waals surface area contributed by atoms with Crippen LogP contribution in [0.4, 0.5) is 5.13 Å². The van der Waals surface area contributed by atoms with Crippen molar-refractivity contribution >= 4 is 28.5 Å². The van der Waals surface area contributed by atoms with Gasteiger partial charge in [0.25, 0.3) is 0 Å². The molecule has 0 aliphatic heterocycles. The zero-order chi connectivity index (χ0) is 15.2. The average molecular weight is 304 g/mol. The molecule has 1 aromatic heterocycles. The average Bonchev–Trinajstić information content (AvgIpc) is 2.89. The first-order chi connectivity index (χ1) is 10.1. The molecular formula is C15H16N2O3S. The molecule has 0 fully saturated rings. The molecule has 5 nitrogen and oxygen atoms in total. The maximum Gasteiger partial charge on any atom is 0.250 e. The van der Waals surface area contributed by atoms with E-state index in [0.29, 0.717) is 16.6 Å². The first-order valence-electron chi connectivity index (χ1n) is 6.25. The van der Waals surface area contributed by atoms with Crippen molar-refractivity contribution < 1.29 is 14.3 Å². The third kappa shape index (κ3) is 4.32. The van der Waals surface area contributed by atoms with Crippen LogP contribution in [0.15, 0.2) is 30.5 Å². The summed E-state index contributed by atoms with van der Waals surface area (Å²) in [6, 6.07) is 5.41. The lowest BCUT2D eigenvalue weighted by molar-refractivity contribution is -0.111. The molecule has 2 aromatic rings. The summed E-state index contributed by atoms with van der Waals surface area (Å²) in [5.74, 6) is 1.11. The topological polar surface area (TPSA) is 60.5 Å². The number of aromatic nitrogens is 1. The number of carbonyl (C=O) groups is 1. The van der Waals surface area contributed by atoms with Gasteiger partial charge < -0.3 is 9.47 Å². The van der Waals surface area contributed by atoms with Crippen LogP contribution in [-0.4, -0.2) is 25.1 Å². The number of carbonyl (C=O) groups excluding carboxylic acids is 1. The van der Waals surface area contributed by atoms with Gasteiger partial charge in [-0.15, -0.1) is 11.3 Å². The normalized spacial score (nSPS) is 10.6. The molecule has 0 spiro atoms. The molecule has 1 aromatic carbocycles. The Hall–Kier alpha value is -2.34. The van der Waals surface area contributed by atoms with Crippen LogP contribution in [0, 0.1) is 6.92 Å². The molecule has 1 N–H and O–H groups in total. The van der Waals surface area contributed by atoms with Crippen LogP contribution in [0.5, 0.6) is 11.5 Å². The summed E-state index contributed by atoms with van der Waals surface area (Å²) in [5, 5.41) is 3.30. The van der Waals surface area contributed by atoms with E-state index in [0.717, 1.165) is 10.4 Å². The Morgan fingerprint density at radius 3 is 2.43 bits per heavy atom. The van der Waals surface area contributed by atoms with E-state index in [4.69, 9.17) is 9.47 Å². The second kappa shape index (κ2) is 6.90. The van der Waals surface area contributed by atoms with Gasteiger partial charge in [-0.2, -0.15) is 0 Å². The number of methoxy groups -OCH3 is 2. The van der Waals surface area contributed by atoms with Crippen molar-refractivity contribution in [3.05, 3.63) is 40.9 Å². The Balaban J connectivity index is 2.07. The van der Waals surface area contributed by atoms with Gasteiger partial charge in [0.15, 0.2) is 5.13 Å². The van der Waals surface area contributed by atoms with Gasteiger partial charge in [0.1, 0.15) is 11.5 Å². The van der Waals surface area contributed by atoms with E-state index < -0.39 is 0 Å². The smallest absolute Gasteiger partial charge is 0.250 e. The van der Waals surface area contributed by atoms with E-state index in [1.165, 1.54) is 17.4 Å². The number of nitrogens with one attached hydrogen (secondary N) is 1. The molecule has 0 aliphatic rings. The molecule has 1 amide bonds. The van der Waals surface area contributed by atoms with Crippen LogP contribution in [0.25, 0.3) is 6.08 Å². The predicted molar refractivity (Wildman–Crippen MR) is 84.1 cm³/mol. The summed E-state index contributed by atoms with van der Waals surface area (Å²) >= 11 is 1.43. The highest BCUT2D eigenvalue weighted by Gasteiger charge is 2.03. The number of aryl methyl sites for hydroxylation is 1. The molecule has 1 heterocycles. The van der Waals surface area contributed by atoms with Crippen molar-refractivity contribution in [1.82, 2.24) is 4.98 Å². The van der Waals surface area contributed by atoms with Gasteiger partial charge in [-0.1, -0.05) is 0 Å². The fraction of sp³-hybridized carbons (Fsp3) is 0.200. The Bertz CT molecular complexity index is 642. The second-order valence-electron chi connectivity index (χ2n) is 4.24. The summed E-state index contributed by atoms with van der Waals surface area (Å²) in [5.41, 5.74) is 0.816. The minimum atomic E-state index is -0.230. The highest BCUT2D eigenvalue weighted by atomic mass is 32.1. The second-order valence-corrected chi connectivity index (χ2v) is 5.48. The van der Waals surface area contributed by atoms with Crippen LogP contribution >= 0.6 is 11.3 Å². The van der Waals surface area contributed by atoms with Crippen molar-refractivity contribution in [3.8, 4) is 11.5 Å². The van der Waals surface area contributed by atoms with Crippen molar-refractivity contribution in [2.24, 2.45) is 0 Å². The molecule has 0 unspecified atom stereocenters. The predicted octanol–water partition coefficient (Wildman–Crippen LogP) is 3.12. The Morgan fingerprint density at radius 1 is 1.24 bits per heavy atom. The Morgan fingerprint density at radius 2 is 1.90 bits per heavy atom. The molecule has 0 radical (unpaired) electrons. The minimum Gasteiger partial charge on any atom is -0.497 e. The molecule has 21 heavy (non-hydrogen) atoms. The van der Waals surface area contributed by atoms with Gasteiger partial charge in [-0.3, -0.25) is 10.1 Å². The van der Waals surface area contributed by atoms with Crippen LogP contribution in [-0.2, 0) is 4.79 Å². The van der Waals surface area contributed by atoms with Crippen molar-refractivity contribution in [2.45, 2.75) is 6.92 Å². The molecule has 0 atom stereocenters. The molecule has 2 rings (SSSR count). The van der Waals surface area contributed by atoms with Crippen LogP contribution < -0.4 is 14.8 Å². The highest BCUT2D eigenvalue weighted by Crippen LogP contribution is 2.23. The molecule has 110 valence electrons. The molecule has 0 bridgehead atoms. The van der Waals surface area contributed by atoms with E-state index in [-0.39, 0.29) is 5.91 Å². The van der Waals surface area contributed by atoms with Crippen molar-refractivity contribution in [1.29, 1.82) is 0 Å². The number of hydrogen-bond acceptors (Lipinski definition) is 5. The summed E-state index contributed by atoms with van der Waals surface area (Å²) in [4.78, 5) is 16.9.